The molecule has 37 heavy (non-hydrogen) atoms. The lowest BCUT2D eigenvalue weighted by Crippen LogP contribution is -2.29. The van der Waals surface area contributed by atoms with Crippen molar-refractivity contribution >= 4 is 39.4 Å². The number of nitrogens with zero attached hydrogens (tertiary/aromatic N) is 6. The minimum atomic E-state index is 0.545. The Kier molecular flexibility index (Phi) is 6.90. The first-order chi connectivity index (χ1) is 17.9. The molecule has 5 rings (SSSR count). The van der Waals surface area contributed by atoms with Gasteiger partial charge in [0.1, 0.15) is 29.2 Å². The Bertz CT molecular complexity index is 1540. The van der Waals surface area contributed by atoms with Gasteiger partial charge in [-0.2, -0.15) is 0 Å². The summed E-state index contributed by atoms with van der Waals surface area (Å²) in [6.07, 6.45) is 4.44. The van der Waals surface area contributed by atoms with Gasteiger partial charge in [-0.15, -0.1) is 0 Å². The third-order valence-electron chi connectivity index (χ3n) is 6.23. The summed E-state index contributed by atoms with van der Waals surface area (Å²) >= 11 is 0. The van der Waals surface area contributed by atoms with Crippen molar-refractivity contribution in [1.29, 1.82) is 0 Å². The quantitative estimate of drug-likeness (QED) is 0.246. The SMILES string of the molecule is CCCN(CC(C)C)c1ccc2ncnc(Nc3ccc(Oc4ccc5c(c4)ncn5C)c(C)c3)c2n1. The maximum absolute atomic E-state index is 6.18. The van der Waals surface area contributed by atoms with E-state index < -0.39 is 0 Å². The molecule has 0 aliphatic carbocycles. The Hall–Kier alpha value is -4.20. The summed E-state index contributed by atoms with van der Waals surface area (Å²) in [6, 6.07) is 16.0. The van der Waals surface area contributed by atoms with Gasteiger partial charge >= 0.3 is 0 Å². The molecule has 8 heteroatoms. The van der Waals surface area contributed by atoms with Crippen LogP contribution >= 0.6 is 0 Å². The molecule has 0 saturated carbocycles. The van der Waals surface area contributed by atoms with Crippen molar-refractivity contribution in [1.82, 2.24) is 24.5 Å². The molecule has 2 aromatic carbocycles. The summed E-state index contributed by atoms with van der Waals surface area (Å²) in [6.45, 7) is 10.6. The molecular formula is C29H33N7O. The van der Waals surface area contributed by atoms with Crippen LogP contribution < -0.4 is 15.0 Å². The molecule has 5 aromatic rings. The van der Waals surface area contributed by atoms with Gasteiger partial charge in [0.05, 0.1) is 22.9 Å². The number of aryl methyl sites for hydroxylation is 2. The molecule has 0 unspecified atom stereocenters. The number of aromatic nitrogens is 5. The highest BCUT2D eigenvalue weighted by molar-refractivity contribution is 5.88. The predicted molar refractivity (Wildman–Crippen MR) is 150 cm³/mol. The number of pyridine rings is 1. The van der Waals surface area contributed by atoms with Crippen molar-refractivity contribution < 1.29 is 4.74 Å². The summed E-state index contributed by atoms with van der Waals surface area (Å²) in [5.41, 5.74) is 5.45. The molecule has 190 valence electrons. The molecule has 8 nitrogen and oxygen atoms in total. The second-order valence-electron chi connectivity index (χ2n) is 9.81. The Morgan fingerprint density at radius 1 is 1.00 bits per heavy atom. The van der Waals surface area contributed by atoms with Crippen molar-refractivity contribution in [3.63, 3.8) is 0 Å². The fraction of sp³-hybridized carbons (Fsp3) is 0.310. The number of imidazole rings is 1. The highest BCUT2D eigenvalue weighted by Gasteiger charge is 2.13. The minimum absolute atomic E-state index is 0.545. The molecule has 0 aliphatic heterocycles. The zero-order valence-electron chi connectivity index (χ0n) is 22.1. The Balaban J connectivity index is 1.39. The van der Waals surface area contributed by atoms with Crippen LogP contribution in [0.25, 0.3) is 22.1 Å². The third-order valence-corrected chi connectivity index (χ3v) is 6.23. The van der Waals surface area contributed by atoms with Gasteiger partial charge in [-0.05, 0) is 67.3 Å². The van der Waals surface area contributed by atoms with Crippen LogP contribution in [0.4, 0.5) is 17.3 Å². The van der Waals surface area contributed by atoms with Crippen LogP contribution in [0.1, 0.15) is 32.8 Å². The molecule has 0 fully saturated rings. The topological polar surface area (TPSA) is 81.0 Å². The lowest BCUT2D eigenvalue weighted by Gasteiger charge is -2.25. The van der Waals surface area contributed by atoms with E-state index in [1.807, 2.05) is 54.9 Å². The van der Waals surface area contributed by atoms with Gasteiger partial charge in [-0.1, -0.05) is 20.8 Å². The Labute approximate surface area is 217 Å². The summed E-state index contributed by atoms with van der Waals surface area (Å²) in [5.74, 6) is 3.72. The van der Waals surface area contributed by atoms with E-state index in [2.05, 4.69) is 58.1 Å². The van der Waals surface area contributed by atoms with E-state index in [0.29, 0.717) is 11.7 Å². The molecule has 0 saturated heterocycles. The average Bonchev–Trinajstić information content (AvgIpc) is 3.25. The van der Waals surface area contributed by atoms with E-state index in [-0.39, 0.29) is 0 Å². The van der Waals surface area contributed by atoms with Crippen LogP contribution in [0.15, 0.2) is 61.2 Å². The number of fused-ring (bicyclic) bond motifs is 2. The van der Waals surface area contributed by atoms with E-state index in [1.165, 1.54) is 0 Å². The molecule has 0 bridgehead atoms. The summed E-state index contributed by atoms with van der Waals surface area (Å²) in [7, 11) is 1.98. The number of hydrogen-bond acceptors (Lipinski definition) is 7. The number of rotatable bonds is 9. The largest absolute Gasteiger partial charge is 0.457 e. The smallest absolute Gasteiger partial charge is 0.160 e. The van der Waals surface area contributed by atoms with Gasteiger partial charge < -0.3 is 19.5 Å². The van der Waals surface area contributed by atoms with Crippen LogP contribution in [0.5, 0.6) is 11.5 Å². The molecule has 0 amide bonds. The first-order valence-electron chi connectivity index (χ1n) is 12.7. The number of hydrogen-bond donors (Lipinski definition) is 1. The number of benzene rings is 2. The second kappa shape index (κ2) is 10.4. The van der Waals surface area contributed by atoms with Gasteiger partial charge in [0.15, 0.2) is 5.82 Å². The fourth-order valence-corrected chi connectivity index (χ4v) is 4.49. The molecule has 0 aliphatic rings. The van der Waals surface area contributed by atoms with Gasteiger partial charge in [-0.3, -0.25) is 0 Å². The Morgan fingerprint density at radius 3 is 2.65 bits per heavy atom. The monoisotopic (exact) mass is 495 g/mol. The first-order valence-corrected chi connectivity index (χ1v) is 12.7. The number of ether oxygens (including phenoxy) is 1. The lowest BCUT2D eigenvalue weighted by molar-refractivity contribution is 0.479. The maximum atomic E-state index is 6.18. The van der Waals surface area contributed by atoms with Gasteiger partial charge in [0.25, 0.3) is 0 Å². The van der Waals surface area contributed by atoms with Crippen LogP contribution in [0, 0.1) is 12.8 Å². The molecule has 0 spiro atoms. The molecular weight excluding hydrogens is 462 g/mol. The second-order valence-corrected chi connectivity index (χ2v) is 9.81. The van der Waals surface area contributed by atoms with Crippen LogP contribution in [-0.2, 0) is 7.05 Å². The summed E-state index contributed by atoms with van der Waals surface area (Å²) < 4.78 is 8.17. The zero-order chi connectivity index (χ0) is 25.9. The molecule has 0 atom stereocenters. The van der Waals surface area contributed by atoms with E-state index in [1.54, 1.807) is 12.7 Å². The first kappa shape index (κ1) is 24.5. The number of anilines is 3. The summed E-state index contributed by atoms with van der Waals surface area (Å²) in [4.78, 5) is 20.7. The van der Waals surface area contributed by atoms with Crippen molar-refractivity contribution in [3.8, 4) is 11.5 Å². The van der Waals surface area contributed by atoms with Crippen LogP contribution in [-0.4, -0.2) is 37.6 Å². The van der Waals surface area contributed by atoms with Gasteiger partial charge in [-0.25, -0.2) is 19.9 Å². The van der Waals surface area contributed by atoms with E-state index >= 15 is 0 Å². The van der Waals surface area contributed by atoms with E-state index in [4.69, 9.17) is 9.72 Å². The zero-order valence-corrected chi connectivity index (χ0v) is 22.1. The molecule has 1 N–H and O–H groups in total. The van der Waals surface area contributed by atoms with Crippen molar-refractivity contribution in [2.24, 2.45) is 13.0 Å². The normalized spacial score (nSPS) is 11.4. The molecule has 0 radical (unpaired) electrons. The lowest BCUT2D eigenvalue weighted by atomic mass is 10.2. The van der Waals surface area contributed by atoms with Crippen molar-refractivity contribution in [3.05, 3.63) is 66.7 Å². The standard InChI is InChI=1S/C29H33N7O/c1-6-13-36(16-19(2)3)27-12-9-23-28(34-27)29(31-17-30-23)33-21-7-11-26(20(4)14-21)37-22-8-10-25-24(15-22)32-18-35(25)5/h7-12,14-15,17-19H,6,13,16H2,1-5H3,(H,30,31,33). The highest BCUT2D eigenvalue weighted by Crippen LogP contribution is 2.31. The fourth-order valence-electron chi connectivity index (χ4n) is 4.49. The predicted octanol–water partition coefficient (Wildman–Crippen LogP) is 6.63. The average molecular weight is 496 g/mol. The van der Waals surface area contributed by atoms with Crippen LogP contribution in [0.2, 0.25) is 0 Å². The number of nitrogens with one attached hydrogen (secondary N) is 1. The Morgan fingerprint density at radius 2 is 1.86 bits per heavy atom. The van der Waals surface area contributed by atoms with Gasteiger partial charge in [0.2, 0.25) is 0 Å². The highest BCUT2D eigenvalue weighted by atomic mass is 16.5. The van der Waals surface area contributed by atoms with Gasteiger partial charge in [0, 0.05) is 31.9 Å². The van der Waals surface area contributed by atoms with Crippen molar-refractivity contribution in [2.45, 2.75) is 34.1 Å². The summed E-state index contributed by atoms with van der Waals surface area (Å²) in [5, 5.41) is 3.44. The van der Waals surface area contributed by atoms with Crippen molar-refractivity contribution in [2.75, 3.05) is 23.3 Å². The maximum Gasteiger partial charge on any atom is 0.160 e. The minimum Gasteiger partial charge on any atom is -0.457 e. The van der Waals surface area contributed by atoms with E-state index in [9.17, 15) is 0 Å². The molecule has 3 heterocycles. The molecule has 3 aromatic heterocycles. The van der Waals surface area contributed by atoms with E-state index in [0.717, 1.165) is 70.1 Å². The third kappa shape index (κ3) is 5.33. The van der Waals surface area contributed by atoms with Crippen LogP contribution in [0.3, 0.4) is 0 Å².